The second-order valence-corrected chi connectivity index (χ2v) is 7.26. The van der Waals surface area contributed by atoms with E-state index in [0.717, 1.165) is 25.4 Å². The second kappa shape index (κ2) is 9.04. The maximum atomic E-state index is 12.6. The Balaban J connectivity index is 1.49. The smallest absolute Gasteiger partial charge is 0.312 e. The summed E-state index contributed by atoms with van der Waals surface area (Å²) in [5.41, 5.74) is 2.09. The summed E-state index contributed by atoms with van der Waals surface area (Å²) in [5, 5.41) is 15.3. The van der Waals surface area contributed by atoms with Crippen molar-refractivity contribution in [2.24, 2.45) is 0 Å². The van der Waals surface area contributed by atoms with Crippen LogP contribution in [0, 0.1) is 24.0 Å². The minimum Gasteiger partial charge on any atom is -0.497 e. The van der Waals surface area contributed by atoms with E-state index in [1.807, 2.05) is 23.1 Å². The number of nitrogens with zero attached hydrogens (tertiary/aromatic N) is 5. The Kier molecular flexibility index (Phi) is 6.48. The van der Waals surface area contributed by atoms with Gasteiger partial charge in [0.25, 0.3) is 0 Å². The number of aryl methyl sites for hydroxylation is 2. The molecule has 1 aromatic heterocycles. The molecular formula is C20H27N5O4. The summed E-state index contributed by atoms with van der Waals surface area (Å²) >= 11 is 0. The van der Waals surface area contributed by atoms with Crippen LogP contribution >= 0.6 is 0 Å². The maximum absolute atomic E-state index is 12.6. The summed E-state index contributed by atoms with van der Waals surface area (Å²) in [6.07, 6.45) is 0.287. The first-order valence-corrected chi connectivity index (χ1v) is 9.70. The van der Waals surface area contributed by atoms with E-state index in [9.17, 15) is 14.9 Å². The average Bonchev–Trinajstić information content (AvgIpc) is 3.00. The molecule has 156 valence electrons. The van der Waals surface area contributed by atoms with Crippen molar-refractivity contribution < 1.29 is 14.5 Å². The minimum atomic E-state index is -0.419. The van der Waals surface area contributed by atoms with Crippen LogP contribution in [0.5, 0.6) is 5.75 Å². The summed E-state index contributed by atoms with van der Waals surface area (Å²) in [6, 6.07) is 8.02. The summed E-state index contributed by atoms with van der Waals surface area (Å²) in [5.74, 6) is 0.905. The minimum absolute atomic E-state index is 0.0311. The number of methoxy groups -OCH3 is 1. The molecule has 9 heteroatoms. The molecule has 0 saturated carbocycles. The highest BCUT2D eigenvalue weighted by Crippen LogP contribution is 2.22. The van der Waals surface area contributed by atoms with Gasteiger partial charge in [0.15, 0.2) is 0 Å². The lowest BCUT2D eigenvalue weighted by molar-refractivity contribution is -0.386. The van der Waals surface area contributed by atoms with E-state index in [1.54, 1.807) is 25.6 Å². The third kappa shape index (κ3) is 4.92. The quantitative estimate of drug-likeness (QED) is 0.521. The van der Waals surface area contributed by atoms with Crippen molar-refractivity contribution in [2.45, 2.75) is 33.4 Å². The van der Waals surface area contributed by atoms with Gasteiger partial charge in [-0.05, 0) is 31.5 Å². The zero-order valence-corrected chi connectivity index (χ0v) is 17.1. The van der Waals surface area contributed by atoms with Crippen molar-refractivity contribution in [3.05, 3.63) is 51.3 Å². The van der Waals surface area contributed by atoms with Gasteiger partial charge in [-0.2, -0.15) is 5.10 Å². The van der Waals surface area contributed by atoms with Gasteiger partial charge in [0.05, 0.1) is 18.6 Å². The van der Waals surface area contributed by atoms with Crippen LogP contribution in [0.4, 0.5) is 5.69 Å². The van der Waals surface area contributed by atoms with Gasteiger partial charge in [-0.15, -0.1) is 0 Å². The highest BCUT2D eigenvalue weighted by molar-refractivity contribution is 5.76. The van der Waals surface area contributed by atoms with Crippen molar-refractivity contribution in [3.8, 4) is 5.75 Å². The van der Waals surface area contributed by atoms with Gasteiger partial charge in [0, 0.05) is 39.1 Å². The number of ether oxygens (including phenoxy) is 1. The van der Waals surface area contributed by atoms with Crippen LogP contribution in [0.3, 0.4) is 0 Å². The Morgan fingerprint density at radius 2 is 1.97 bits per heavy atom. The zero-order valence-electron chi connectivity index (χ0n) is 17.1. The third-order valence-electron chi connectivity index (χ3n) is 5.33. The molecule has 29 heavy (non-hydrogen) atoms. The number of carbonyl (C=O) groups is 1. The topological polar surface area (TPSA) is 93.7 Å². The van der Waals surface area contributed by atoms with E-state index in [0.29, 0.717) is 31.0 Å². The molecule has 3 rings (SSSR count). The number of piperazine rings is 1. The van der Waals surface area contributed by atoms with Gasteiger partial charge >= 0.3 is 5.69 Å². The number of benzene rings is 1. The number of hydrogen-bond acceptors (Lipinski definition) is 6. The molecule has 0 aliphatic carbocycles. The standard InChI is InChI=1S/C20H27N5O4/c1-15-20(25(27)28)16(2)24(21-15)8-7-19(26)23-11-9-22(10-12-23)14-17-5-4-6-18(13-17)29-3/h4-6,13H,7-12,14H2,1-3H3. The fourth-order valence-electron chi connectivity index (χ4n) is 3.71. The first-order chi connectivity index (χ1) is 13.9. The molecule has 1 aliphatic rings. The number of aromatic nitrogens is 2. The van der Waals surface area contributed by atoms with Crippen LogP contribution in [-0.2, 0) is 17.9 Å². The molecule has 1 aliphatic heterocycles. The summed E-state index contributed by atoms with van der Waals surface area (Å²) in [4.78, 5) is 27.4. The lowest BCUT2D eigenvalue weighted by Gasteiger charge is -2.34. The van der Waals surface area contributed by atoms with Crippen LogP contribution in [0.2, 0.25) is 0 Å². The fraction of sp³-hybridized carbons (Fsp3) is 0.500. The molecule has 2 aromatic rings. The third-order valence-corrected chi connectivity index (χ3v) is 5.33. The SMILES string of the molecule is COc1cccc(CN2CCN(C(=O)CCn3nc(C)c([N+](=O)[O-])c3C)CC2)c1. The van der Waals surface area contributed by atoms with E-state index in [1.165, 1.54) is 5.56 Å². The molecule has 1 amide bonds. The first kappa shape index (κ1) is 20.8. The number of hydrogen-bond donors (Lipinski definition) is 0. The highest BCUT2D eigenvalue weighted by atomic mass is 16.6. The van der Waals surface area contributed by atoms with E-state index in [4.69, 9.17) is 4.74 Å². The molecule has 0 N–H and O–H groups in total. The van der Waals surface area contributed by atoms with Crippen LogP contribution in [-0.4, -0.2) is 63.7 Å². The molecule has 1 saturated heterocycles. The molecule has 1 fully saturated rings. The van der Waals surface area contributed by atoms with Crippen molar-refractivity contribution >= 4 is 11.6 Å². The summed E-state index contributed by atoms with van der Waals surface area (Å²) in [6.45, 7) is 7.45. The van der Waals surface area contributed by atoms with Gasteiger partial charge < -0.3 is 9.64 Å². The van der Waals surface area contributed by atoms with Gasteiger partial charge in [-0.25, -0.2) is 0 Å². The summed E-state index contributed by atoms with van der Waals surface area (Å²) < 4.78 is 6.83. The lowest BCUT2D eigenvalue weighted by atomic mass is 10.2. The fourth-order valence-corrected chi connectivity index (χ4v) is 3.71. The monoisotopic (exact) mass is 401 g/mol. The van der Waals surface area contributed by atoms with E-state index >= 15 is 0 Å². The van der Waals surface area contributed by atoms with Crippen LogP contribution in [0.1, 0.15) is 23.4 Å². The molecule has 9 nitrogen and oxygen atoms in total. The number of carbonyl (C=O) groups excluding carboxylic acids is 1. The van der Waals surface area contributed by atoms with Crippen molar-refractivity contribution in [1.82, 2.24) is 19.6 Å². The van der Waals surface area contributed by atoms with E-state index in [2.05, 4.69) is 16.1 Å². The molecule has 0 spiro atoms. The molecule has 0 unspecified atom stereocenters. The Morgan fingerprint density at radius 3 is 2.59 bits per heavy atom. The predicted molar refractivity (Wildman–Crippen MR) is 108 cm³/mol. The zero-order chi connectivity index (χ0) is 21.0. The van der Waals surface area contributed by atoms with Crippen LogP contribution in [0.15, 0.2) is 24.3 Å². The van der Waals surface area contributed by atoms with Crippen LogP contribution in [0.25, 0.3) is 0 Å². The van der Waals surface area contributed by atoms with Crippen molar-refractivity contribution in [1.29, 1.82) is 0 Å². The molecule has 0 atom stereocenters. The maximum Gasteiger partial charge on any atom is 0.312 e. The lowest BCUT2D eigenvalue weighted by Crippen LogP contribution is -2.48. The first-order valence-electron chi connectivity index (χ1n) is 9.70. The van der Waals surface area contributed by atoms with E-state index < -0.39 is 4.92 Å². The van der Waals surface area contributed by atoms with Crippen LogP contribution < -0.4 is 4.74 Å². The van der Waals surface area contributed by atoms with Gasteiger partial charge in [-0.3, -0.25) is 24.5 Å². The number of amides is 1. The van der Waals surface area contributed by atoms with E-state index in [-0.39, 0.29) is 18.0 Å². The molecule has 2 heterocycles. The van der Waals surface area contributed by atoms with Gasteiger partial charge in [0.2, 0.25) is 5.91 Å². The normalized spacial score (nSPS) is 14.8. The number of rotatable bonds is 7. The van der Waals surface area contributed by atoms with Crippen molar-refractivity contribution in [3.63, 3.8) is 0 Å². The molecule has 1 aromatic carbocycles. The van der Waals surface area contributed by atoms with Gasteiger partial charge in [0.1, 0.15) is 17.1 Å². The molecule has 0 radical (unpaired) electrons. The Morgan fingerprint density at radius 1 is 1.24 bits per heavy atom. The van der Waals surface area contributed by atoms with Crippen molar-refractivity contribution in [2.75, 3.05) is 33.3 Å². The Hall–Kier alpha value is -2.94. The average molecular weight is 401 g/mol. The molecular weight excluding hydrogens is 374 g/mol. The second-order valence-electron chi connectivity index (χ2n) is 7.26. The Labute approximate surface area is 170 Å². The number of nitro groups is 1. The highest BCUT2D eigenvalue weighted by Gasteiger charge is 2.24. The van der Waals surface area contributed by atoms with Gasteiger partial charge in [-0.1, -0.05) is 12.1 Å². The predicted octanol–water partition coefficient (Wildman–Crippen LogP) is 2.15. The summed E-state index contributed by atoms with van der Waals surface area (Å²) in [7, 11) is 1.66. The Bertz CT molecular complexity index is 887. The molecule has 0 bridgehead atoms. The largest absolute Gasteiger partial charge is 0.497 e.